The first kappa shape index (κ1) is 17.5. The minimum atomic E-state index is -0.124. The Labute approximate surface area is 149 Å². The number of hydrogen-bond acceptors (Lipinski definition) is 3. The molecular formula is C20H27N3O2. The maximum absolute atomic E-state index is 12.3. The fourth-order valence-electron chi connectivity index (χ4n) is 3.48. The summed E-state index contributed by atoms with van der Waals surface area (Å²) in [5.41, 5.74) is 1.42. The molecule has 1 aromatic carbocycles. The van der Waals surface area contributed by atoms with E-state index in [1.165, 1.54) is 12.0 Å². The van der Waals surface area contributed by atoms with Crippen LogP contribution < -0.4 is 10.6 Å². The van der Waals surface area contributed by atoms with Gasteiger partial charge in [-0.3, -0.25) is 4.90 Å². The SMILES string of the molecule is CN(C)C(CNC(=O)NCC1(c2ccccc2)CCC1)c1ccco1. The van der Waals surface area contributed by atoms with Crippen molar-refractivity contribution in [1.82, 2.24) is 15.5 Å². The quantitative estimate of drug-likeness (QED) is 0.812. The zero-order valence-corrected chi connectivity index (χ0v) is 15.0. The summed E-state index contributed by atoms with van der Waals surface area (Å²) in [5.74, 6) is 0.852. The smallest absolute Gasteiger partial charge is 0.314 e. The number of benzene rings is 1. The minimum absolute atomic E-state index is 0.0209. The normalized spacial score (nSPS) is 16.9. The summed E-state index contributed by atoms with van der Waals surface area (Å²) in [7, 11) is 3.96. The number of urea groups is 1. The van der Waals surface area contributed by atoms with Crippen molar-refractivity contribution in [3.8, 4) is 0 Å². The summed E-state index contributed by atoms with van der Waals surface area (Å²) in [5, 5.41) is 6.04. The molecule has 5 heteroatoms. The van der Waals surface area contributed by atoms with E-state index in [0.717, 1.165) is 18.6 Å². The summed E-state index contributed by atoms with van der Waals surface area (Å²) in [6, 6.07) is 14.2. The standard InChI is InChI=1S/C20H27N3O2/c1-23(2)17(18-10-6-13-25-18)14-21-19(24)22-15-20(11-7-12-20)16-8-4-3-5-9-16/h3-6,8-10,13,17H,7,11-12,14-15H2,1-2H3,(H2,21,22,24). The van der Waals surface area contributed by atoms with Crippen molar-refractivity contribution < 1.29 is 9.21 Å². The van der Waals surface area contributed by atoms with E-state index >= 15 is 0 Å². The first-order chi connectivity index (χ1) is 12.1. The summed E-state index contributed by atoms with van der Waals surface area (Å²) >= 11 is 0. The average Bonchev–Trinajstić information content (AvgIpc) is 3.09. The van der Waals surface area contributed by atoms with Gasteiger partial charge in [0.05, 0.1) is 12.3 Å². The lowest BCUT2D eigenvalue weighted by Gasteiger charge is -2.42. The maximum atomic E-state index is 12.3. The molecule has 1 aliphatic rings. The van der Waals surface area contributed by atoms with E-state index in [2.05, 4.69) is 34.9 Å². The molecule has 1 atom stereocenters. The van der Waals surface area contributed by atoms with Crippen LogP contribution in [0, 0.1) is 0 Å². The number of carbonyl (C=O) groups excluding carboxylic acids is 1. The van der Waals surface area contributed by atoms with Crippen molar-refractivity contribution in [1.29, 1.82) is 0 Å². The predicted molar refractivity (Wildman–Crippen MR) is 98.5 cm³/mol. The van der Waals surface area contributed by atoms with Crippen molar-refractivity contribution in [2.45, 2.75) is 30.7 Å². The van der Waals surface area contributed by atoms with Crippen LogP contribution in [0.15, 0.2) is 53.1 Å². The number of furan rings is 1. The Morgan fingerprint density at radius 2 is 1.92 bits per heavy atom. The molecule has 1 fully saturated rings. The lowest BCUT2D eigenvalue weighted by molar-refractivity contribution is 0.208. The van der Waals surface area contributed by atoms with Gasteiger partial charge in [-0.1, -0.05) is 36.8 Å². The maximum Gasteiger partial charge on any atom is 0.314 e. The molecule has 1 unspecified atom stereocenters. The number of nitrogens with zero attached hydrogens (tertiary/aromatic N) is 1. The summed E-state index contributed by atoms with van der Waals surface area (Å²) < 4.78 is 5.47. The van der Waals surface area contributed by atoms with Gasteiger partial charge in [-0.05, 0) is 44.6 Å². The molecule has 1 aromatic heterocycles. The average molecular weight is 341 g/mol. The molecule has 0 aliphatic heterocycles. The topological polar surface area (TPSA) is 57.5 Å². The molecule has 134 valence electrons. The molecule has 25 heavy (non-hydrogen) atoms. The van der Waals surface area contributed by atoms with Crippen LogP contribution >= 0.6 is 0 Å². The molecular weight excluding hydrogens is 314 g/mol. The first-order valence-electron chi connectivity index (χ1n) is 8.88. The molecule has 2 aromatic rings. The highest BCUT2D eigenvalue weighted by Gasteiger charge is 2.38. The van der Waals surface area contributed by atoms with Crippen LogP contribution in [0.1, 0.15) is 36.6 Å². The van der Waals surface area contributed by atoms with Gasteiger partial charge in [0.2, 0.25) is 0 Å². The van der Waals surface area contributed by atoms with Crippen molar-refractivity contribution >= 4 is 6.03 Å². The van der Waals surface area contributed by atoms with Crippen molar-refractivity contribution in [3.05, 3.63) is 60.1 Å². The molecule has 5 nitrogen and oxygen atoms in total. The molecule has 1 saturated carbocycles. The molecule has 1 aliphatic carbocycles. The number of hydrogen-bond donors (Lipinski definition) is 2. The van der Waals surface area contributed by atoms with Gasteiger partial charge in [-0.25, -0.2) is 4.79 Å². The third-order valence-electron chi connectivity index (χ3n) is 5.24. The summed E-state index contributed by atoms with van der Waals surface area (Å²) in [6.45, 7) is 1.18. The van der Waals surface area contributed by atoms with Gasteiger partial charge in [-0.15, -0.1) is 0 Å². The van der Waals surface area contributed by atoms with Crippen LogP contribution in [0.25, 0.3) is 0 Å². The van der Waals surface area contributed by atoms with Crippen LogP contribution in [-0.2, 0) is 5.41 Å². The number of nitrogens with one attached hydrogen (secondary N) is 2. The molecule has 0 spiro atoms. The molecule has 0 saturated heterocycles. The Kier molecular flexibility index (Phi) is 5.43. The zero-order valence-electron chi connectivity index (χ0n) is 15.0. The van der Waals surface area contributed by atoms with Gasteiger partial charge in [0.15, 0.2) is 0 Å². The lowest BCUT2D eigenvalue weighted by atomic mass is 9.64. The second kappa shape index (κ2) is 7.74. The molecule has 2 N–H and O–H groups in total. The molecule has 1 heterocycles. The minimum Gasteiger partial charge on any atom is -0.468 e. The first-order valence-corrected chi connectivity index (χ1v) is 8.88. The van der Waals surface area contributed by atoms with Gasteiger partial charge in [0.1, 0.15) is 5.76 Å². The lowest BCUT2D eigenvalue weighted by Crippen LogP contribution is -2.49. The highest BCUT2D eigenvalue weighted by Crippen LogP contribution is 2.43. The monoisotopic (exact) mass is 341 g/mol. The molecule has 0 bridgehead atoms. The third-order valence-corrected chi connectivity index (χ3v) is 5.24. The number of likely N-dealkylation sites (N-methyl/N-ethyl adjacent to an activating group) is 1. The van der Waals surface area contributed by atoms with Crippen LogP contribution in [0.2, 0.25) is 0 Å². The Morgan fingerprint density at radius 3 is 2.48 bits per heavy atom. The van der Waals surface area contributed by atoms with Crippen LogP contribution in [0.5, 0.6) is 0 Å². The van der Waals surface area contributed by atoms with E-state index in [-0.39, 0.29) is 17.5 Å². The number of carbonyl (C=O) groups is 1. The van der Waals surface area contributed by atoms with Crippen molar-refractivity contribution in [3.63, 3.8) is 0 Å². The second-order valence-corrected chi connectivity index (χ2v) is 7.06. The van der Waals surface area contributed by atoms with E-state index in [1.807, 2.05) is 37.2 Å². The Hall–Kier alpha value is -2.27. The van der Waals surface area contributed by atoms with Gasteiger partial charge in [-0.2, -0.15) is 0 Å². The summed E-state index contributed by atoms with van der Waals surface area (Å²) in [6.07, 6.45) is 5.14. The molecule has 0 radical (unpaired) electrons. The van der Waals surface area contributed by atoms with Crippen LogP contribution in [0.3, 0.4) is 0 Å². The molecule has 2 amide bonds. The van der Waals surface area contributed by atoms with Gasteiger partial charge >= 0.3 is 6.03 Å². The van der Waals surface area contributed by atoms with E-state index < -0.39 is 0 Å². The van der Waals surface area contributed by atoms with E-state index in [4.69, 9.17) is 4.42 Å². The largest absolute Gasteiger partial charge is 0.468 e. The second-order valence-electron chi connectivity index (χ2n) is 7.06. The highest BCUT2D eigenvalue weighted by molar-refractivity contribution is 5.74. The van der Waals surface area contributed by atoms with Crippen LogP contribution in [-0.4, -0.2) is 38.1 Å². The third kappa shape index (κ3) is 4.04. The van der Waals surface area contributed by atoms with Gasteiger partial charge < -0.3 is 15.1 Å². The van der Waals surface area contributed by atoms with Crippen LogP contribution in [0.4, 0.5) is 4.79 Å². The fraction of sp³-hybridized carbons (Fsp3) is 0.450. The van der Waals surface area contributed by atoms with Gasteiger partial charge in [0, 0.05) is 18.5 Å². The zero-order chi connectivity index (χ0) is 17.7. The van der Waals surface area contributed by atoms with E-state index in [9.17, 15) is 4.79 Å². The van der Waals surface area contributed by atoms with E-state index in [1.54, 1.807) is 6.26 Å². The predicted octanol–water partition coefficient (Wildman–Crippen LogP) is 3.30. The highest BCUT2D eigenvalue weighted by atomic mass is 16.3. The molecule has 3 rings (SSSR count). The fourth-order valence-corrected chi connectivity index (χ4v) is 3.48. The van der Waals surface area contributed by atoms with Gasteiger partial charge in [0.25, 0.3) is 0 Å². The van der Waals surface area contributed by atoms with E-state index in [0.29, 0.717) is 13.1 Å². The Morgan fingerprint density at radius 1 is 1.16 bits per heavy atom. The number of rotatable bonds is 7. The Bertz CT molecular complexity index is 664. The van der Waals surface area contributed by atoms with Crippen molar-refractivity contribution in [2.75, 3.05) is 27.2 Å². The summed E-state index contributed by atoms with van der Waals surface area (Å²) in [4.78, 5) is 14.3. The Balaban J connectivity index is 1.52. The van der Waals surface area contributed by atoms with Crippen molar-refractivity contribution in [2.24, 2.45) is 0 Å². The number of amides is 2.